The Morgan fingerprint density at radius 1 is 1.38 bits per heavy atom. The van der Waals surface area contributed by atoms with E-state index in [0.29, 0.717) is 5.84 Å². The van der Waals surface area contributed by atoms with Crippen molar-refractivity contribution in [3.8, 4) is 5.75 Å². The largest absolute Gasteiger partial charge is 0.497 e. The molecular weight excluding hydrogens is 168 g/mol. The lowest BCUT2D eigenvalue weighted by Crippen LogP contribution is -2.22. The molecule has 0 bridgehead atoms. The zero-order chi connectivity index (χ0) is 9.68. The number of methoxy groups -OCH3 is 1. The number of hydrazine groups is 1. The summed E-state index contributed by atoms with van der Waals surface area (Å²) >= 11 is 0. The Balaban J connectivity index is 2.85. The van der Waals surface area contributed by atoms with Crippen molar-refractivity contribution in [2.45, 2.75) is 0 Å². The van der Waals surface area contributed by atoms with Crippen molar-refractivity contribution < 1.29 is 4.74 Å². The maximum absolute atomic E-state index is 5.56. The zero-order valence-corrected chi connectivity index (χ0v) is 7.32. The van der Waals surface area contributed by atoms with E-state index in [1.54, 1.807) is 31.4 Å². The predicted molar refractivity (Wildman–Crippen MR) is 51.0 cm³/mol. The summed E-state index contributed by atoms with van der Waals surface area (Å²) in [5.74, 6) is 6.09. The van der Waals surface area contributed by atoms with Crippen LogP contribution in [0.5, 0.6) is 5.75 Å². The summed E-state index contributed by atoms with van der Waals surface area (Å²) in [6.07, 6.45) is 0. The van der Waals surface area contributed by atoms with Gasteiger partial charge in [-0.3, -0.25) is 0 Å². The normalized spacial score (nSPS) is 11.1. The highest BCUT2D eigenvalue weighted by atomic mass is 16.5. The van der Waals surface area contributed by atoms with E-state index in [1.165, 1.54) is 0 Å². The van der Waals surface area contributed by atoms with Gasteiger partial charge in [0.2, 0.25) is 0 Å². The topological polar surface area (TPSA) is 85.7 Å². The lowest BCUT2D eigenvalue weighted by molar-refractivity contribution is 0.415. The van der Waals surface area contributed by atoms with Crippen molar-refractivity contribution in [3.63, 3.8) is 0 Å². The van der Waals surface area contributed by atoms with Gasteiger partial charge in [0.1, 0.15) is 5.75 Å². The van der Waals surface area contributed by atoms with Crippen molar-refractivity contribution in [1.29, 1.82) is 0 Å². The van der Waals surface area contributed by atoms with Crippen molar-refractivity contribution >= 4 is 5.84 Å². The minimum atomic E-state index is 0.338. The maximum Gasteiger partial charge on any atom is 0.152 e. The summed E-state index contributed by atoms with van der Waals surface area (Å²) < 4.78 is 4.99. The van der Waals surface area contributed by atoms with Gasteiger partial charge in [0, 0.05) is 5.56 Å². The first-order chi connectivity index (χ1) is 6.27. The third-order valence-corrected chi connectivity index (χ3v) is 1.57. The second-order valence-corrected chi connectivity index (χ2v) is 2.35. The average Bonchev–Trinajstić information content (AvgIpc) is 2.18. The Labute approximate surface area is 76.3 Å². The lowest BCUT2D eigenvalue weighted by Gasteiger charge is -2.02. The number of nitrogens with zero attached hydrogens (tertiary/aromatic N) is 1. The Kier molecular flexibility index (Phi) is 3.10. The van der Waals surface area contributed by atoms with E-state index >= 15 is 0 Å². The number of ether oxygens (including phenoxy) is 1. The summed E-state index contributed by atoms with van der Waals surface area (Å²) in [5.41, 5.74) is 8.48. The molecule has 1 aromatic carbocycles. The molecule has 1 aromatic rings. The van der Waals surface area contributed by atoms with Crippen LogP contribution in [0.2, 0.25) is 0 Å². The number of rotatable bonds is 3. The average molecular weight is 180 g/mol. The minimum absolute atomic E-state index is 0.338. The Morgan fingerprint density at radius 3 is 2.46 bits per heavy atom. The zero-order valence-electron chi connectivity index (χ0n) is 7.32. The van der Waals surface area contributed by atoms with Crippen LogP contribution in [-0.2, 0) is 0 Å². The van der Waals surface area contributed by atoms with Gasteiger partial charge in [0.05, 0.1) is 7.11 Å². The molecule has 5 N–H and O–H groups in total. The van der Waals surface area contributed by atoms with E-state index in [0.717, 1.165) is 11.3 Å². The van der Waals surface area contributed by atoms with E-state index in [9.17, 15) is 0 Å². The van der Waals surface area contributed by atoms with Crippen LogP contribution in [0.3, 0.4) is 0 Å². The molecule has 1 rings (SSSR count). The van der Waals surface area contributed by atoms with Crippen LogP contribution in [0.4, 0.5) is 0 Å². The third-order valence-electron chi connectivity index (χ3n) is 1.57. The maximum atomic E-state index is 5.56. The molecule has 70 valence electrons. The number of nitrogens with one attached hydrogen (secondary N) is 1. The molecule has 0 saturated heterocycles. The molecule has 0 saturated carbocycles. The van der Waals surface area contributed by atoms with Gasteiger partial charge in [-0.05, 0) is 24.3 Å². The summed E-state index contributed by atoms with van der Waals surface area (Å²) in [4.78, 5) is 0. The van der Waals surface area contributed by atoms with Crippen molar-refractivity contribution in [1.82, 2.24) is 5.53 Å². The molecule has 0 aromatic heterocycles. The Morgan fingerprint density at radius 2 is 2.00 bits per heavy atom. The molecule has 0 radical (unpaired) electrons. The van der Waals surface area contributed by atoms with E-state index in [4.69, 9.17) is 16.3 Å². The van der Waals surface area contributed by atoms with Crippen LogP contribution in [0.15, 0.2) is 29.4 Å². The number of nitrogens with two attached hydrogens (primary N) is 2. The van der Waals surface area contributed by atoms with Gasteiger partial charge in [-0.15, -0.1) is 5.10 Å². The number of hydrogen-bond donors (Lipinski definition) is 3. The van der Waals surface area contributed by atoms with Gasteiger partial charge in [0.25, 0.3) is 0 Å². The second kappa shape index (κ2) is 4.32. The number of hydrazone groups is 1. The second-order valence-electron chi connectivity index (χ2n) is 2.35. The highest BCUT2D eigenvalue weighted by Crippen LogP contribution is 2.10. The van der Waals surface area contributed by atoms with Gasteiger partial charge < -0.3 is 10.5 Å². The van der Waals surface area contributed by atoms with E-state index in [1.807, 2.05) is 0 Å². The minimum Gasteiger partial charge on any atom is -0.497 e. The van der Waals surface area contributed by atoms with Gasteiger partial charge in [-0.2, -0.15) is 0 Å². The first kappa shape index (κ1) is 9.34. The fraction of sp³-hybridized carbons (Fsp3) is 0.125. The van der Waals surface area contributed by atoms with Crippen LogP contribution in [0.25, 0.3) is 0 Å². The first-order valence-electron chi connectivity index (χ1n) is 3.71. The van der Waals surface area contributed by atoms with Crippen LogP contribution < -0.4 is 21.8 Å². The lowest BCUT2D eigenvalue weighted by atomic mass is 10.2. The molecule has 0 aliphatic heterocycles. The molecule has 13 heavy (non-hydrogen) atoms. The van der Waals surface area contributed by atoms with Crippen molar-refractivity contribution in [2.24, 2.45) is 16.7 Å². The molecule has 0 heterocycles. The number of amidine groups is 1. The van der Waals surface area contributed by atoms with Gasteiger partial charge in [-0.25, -0.2) is 11.4 Å². The van der Waals surface area contributed by atoms with Crippen LogP contribution in [0.1, 0.15) is 5.56 Å². The van der Waals surface area contributed by atoms with Crippen molar-refractivity contribution in [2.75, 3.05) is 7.11 Å². The van der Waals surface area contributed by atoms with Crippen LogP contribution in [0, 0.1) is 0 Å². The fourth-order valence-corrected chi connectivity index (χ4v) is 0.896. The van der Waals surface area contributed by atoms with E-state index < -0.39 is 0 Å². The highest BCUT2D eigenvalue weighted by Gasteiger charge is 1.97. The summed E-state index contributed by atoms with van der Waals surface area (Å²) in [7, 11) is 1.61. The first-order valence-corrected chi connectivity index (χ1v) is 3.71. The quantitative estimate of drug-likeness (QED) is 0.260. The van der Waals surface area contributed by atoms with Gasteiger partial charge in [-0.1, -0.05) is 0 Å². The molecule has 0 unspecified atom stereocenters. The van der Waals surface area contributed by atoms with E-state index in [-0.39, 0.29) is 0 Å². The molecule has 0 spiro atoms. The standard InChI is InChI=1S/C8H12N4O/c1-13-7-4-2-6(3-5-7)8(9)11-12-10/h2-5,12H,10H2,1H3,(H2,9,11). The molecule has 0 aliphatic carbocycles. The van der Waals surface area contributed by atoms with Crippen LogP contribution in [-0.4, -0.2) is 12.9 Å². The van der Waals surface area contributed by atoms with Crippen LogP contribution >= 0.6 is 0 Å². The third kappa shape index (κ3) is 2.34. The molecule has 0 amide bonds. The molecule has 0 atom stereocenters. The smallest absolute Gasteiger partial charge is 0.152 e. The molecule has 0 fully saturated rings. The van der Waals surface area contributed by atoms with Gasteiger partial charge >= 0.3 is 0 Å². The Bertz CT molecular complexity index is 294. The van der Waals surface area contributed by atoms with Crippen molar-refractivity contribution in [3.05, 3.63) is 29.8 Å². The monoisotopic (exact) mass is 180 g/mol. The summed E-state index contributed by atoms with van der Waals surface area (Å²) in [6, 6.07) is 7.20. The SMILES string of the molecule is COc1ccc(/C(N)=N/NN)cc1. The summed E-state index contributed by atoms with van der Waals surface area (Å²) in [6.45, 7) is 0. The van der Waals surface area contributed by atoms with Gasteiger partial charge in [0.15, 0.2) is 5.84 Å². The Hall–Kier alpha value is -1.75. The summed E-state index contributed by atoms with van der Waals surface area (Å²) in [5, 5.41) is 3.63. The molecule has 5 nitrogen and oxygen atoms in total. The number of hydrogen-bond acceptors (Lipinski definition) is 4. The molecular formula is C8H12N4O. The highest BCUT2D eigenvalue weighted by molar-refractivity contribution is 5.97. The van der Waals surface area contributed by atoms with E-state index in [2.05, 4.69) is 10.6 Å². The molecule has 0 aliphatic rings. The fourth-order valence-electron chi connectivity index (χ4n) is 0.896. The predicted octanol–water partition coefficient (Wildman–Crippen LogP) is -0.221. The molecule has 5 heteroatoms. The number of benzene rings is 1.